The standard InChI is InChI=1S/C18H17N3O2S/c1-3-19-17(22)13-10-16(20-14-7-5-4-6-12(13)14)21-18(23)15-9-8-11(2)24-15/h4-10H,3H2,1-2H3,(H,19,22)(H,20,21,23). The topological polar surface area (TPSA) is 71.1 Å². The first-order chi connectivity index (χ1) is 11.6. The number of carbonyl (C=O) groups excluding carboxylic acids is 2. The molecule has 24 heavy (non-hydrogen) atoms. The zero-order valence-electron chi connectivity index (χ0n) is 13.4. The first-order valence-corrected chi connectivity index (χ1v) is 8.46. The lowest BCUT2D eigenvalue weighted by atomic mass is 10.1. The van der Waals surface area contributed by atoms with Crippen LogP contribution in [0, 0.1) is 6.92 Å². The average Bonchev–Trinajstić information content (AvgIpc) is 3.01. The highest BCUT2D eigenvalue weighted by atomic mass is 32.1. The number of rotatable bonds is 4. The minimum atomic E-state index is -0.224. The molecule has 0 saturated heterocycles. The molecule has 6 heteroatoms. The second-order valence-electron chi connectivity index (χ2n) is 5.30. The molecule has 0 saturated carbocycles. The normalized spacial score (nSPS) is 10.6. The number of hydrogen-bond donors (Lipinski definition) is 2. The number of aryl methyl sites for hydroxylation is 1. The molecule has 122 valence electrons. The largest absolute Gasteiger partial charge is 0.352 e. The maximum atomic E-state index is 12.3. The number of nitrogens with one attached hydrogen (secondary N) is 2. The number of hydrogen-bond acceptors (Lipinski definition) is 4. The van der Waals surface area contributed by atoms with Crippen molar-refractivity contribution in [2.24, 2.45) is 0 Å². The predicted octanol–water partition coefficient (Wildman–Crippen LogP) is 3.61. The molecule has 0 fully saturated rings. The average molecular weight is 339 g/mol. The summed E-state index contributed by atoms with van der Waals surface area (Å²) in [5.41, 5.74) is 1.17. The van der Waals surface area contributed by atoms with Crippen LogP contribution in [0.1, 0.15) is 31.8 Å². The van der Waals surface area contributed by atoms with Gasteiger partial charge in [0.2, 0.25) is 0 Å². The molecular weight excluding hydrogens is 322 g/mol. The quantitative estimate of drug-likeness (QED) is 0.763. The van der Waals surface area contributed by atoms with Crippen LogP contribution in [0.15, 0.2) is 42.5 Å². The molecule has 3 rings (SSSR count). The van der Waals surface area contributed by atoms with Gasteiger partial charge in [-0.3, -0.25) is 9.59 Å². The number of nitrogens with zero attached hydrogens (tertiary/aromatic N) is 1. The Morgan fingerprint density at radius 1 is 1.12 bits per heavy atom. The molecule has 0 aliphatic carbocycles. The fraction of sp³-hybridized carbons (Fsp3) is 0.167. The molecule has 2 heterocycles. The Morgan fingerprint density at radius 3 is 2.62 bits per heavy atom. The summed E-state index contributed by atoms with van der Waals surface area (Å²) < 4.78 is 0. The van der Waals surface area contributed by atoms with Gasteiger partial charge in [0.25, 0.3) is 11.8 Å². The maximum Gasteiger partial charge on any atom is 0.266 e. The molecule has 0 aliphatic rings. The van der Waals surface area contributed by atoms with Gasteiger partial charge in [-0.15, -0.1) is 11.3 Å². The van der Waals surface area contributed by atoms with E-state index in [4.69, 9.17) is 0 Å². The predicted molar refractivity (Wildman–Crippen MR) is 96.8 cm³/mol. The van der Waals surface area contributed by atoms with E-state index in [1.807, 2.05) is 44.2 Å². The summed E-state index contributed by atoms with van der Waals surface area (Å²) in [6, 6.07) is 12.7. The second-order valence-corrected chi connectivity index (χ2v) is 6.58. The van der Waals surface area contributed by atoms with E-state index in [1.165, 1.54) is 11.3 Å². The first kappa shape index (κ1) is 16.1. The molecule has 0 bridgehead atoms. The van der Waals surface area contributed by atoms with Gasteiger partial charge in [0, 0.05) is 16.8 Å². The smallest absolute Gasteiger partial charge is 0.266 e. The third-order valence-electron chi connectivity index (χ3n) is 3.50. The lowest BCUT2D eigenvalue weighted by molar-refractivity contribution is 0.0956. The molecule has 1 aromatic carbocycles. The Hall–Kier alpha value is -2.73. The number of thiophene rings is 1. The molecule has 0 spiro atoms. The van der Waals surface area contributed by atoms with E-state index in [1.54, 1.807) is 12.1 Å². The van der Waals surface area contributed by atoms with Gasteiger partial charge in [-0.25, -0.2) is 4.98 Å². The van der Waals surface area contributed by atoms with E-state index in [9.17, 15) is 9.59 Å². The fourth-order valence-corrected chi connectivity index (χ4v) is 3.18. The van der Waals surface area contributed by atoms with Crippen molar-refractivity contribution in [1.82, 2.24) is 10.3 Å². The van der Waals surface area contributed by atoms with Gasteiger partial charge in [0.1, 0.15) is 5.82 Å². The van der Waals surface area contributed by atoms with Crippen LogP contribution in [-0.2, 0) is 0 Å². The molecular formula is C18H17N3O2S. The van der Waals surface area contributed by atoms with E-state index < -0.39 is 0 Å². The summed E-state index contributed by atoms with van der Waals surface area (Å²) in [6.07, 6.45) is 0. The van der Waals surface area contributed by atoms with Crippen molar-refractivity contribution < 1.29 is 9.59 Å². The number of fused-ring (bicyclic) bond motifs is 1. The van der Waals surface area contributed by atoms with Crippen LogP contribution in [0.2, 0.25) is 0 Å². The molecule has 0 radical (unpaired) electrons. The van der Waals surface area contributed by atoms with Crippen molar-refractivity contribution in [3.05, 3.63) is 57.8 Å². The highest BCUT2D eigenvalue weighted by molar-refractivity contribution is 7.14. The van der Waals surface area contributed by atoms with Gasteiger partial charge in [-0.2, -0.15) is 0 Å². The summed E-state index contributed by atoms with van der Waals surface area (Å²) in [4.78, 5) is 30.8. The third kappa shape index (κ3) is 3.28. The number of para-hydroxylation sites is 1. The van der Waals surface area contributed by atoms with Gasteiger partial charge >= 0.3 is 0 Å². The Labute approximate surface area is 143 Å². The van der Waals surface area contributed by atoms with Gasteiger partial charge in [0.05, 0.1) is 16.0 Å². The number of aromatic nitrogens is 1. The minimum Gasteiger partial charge on any atom is -0.352 e. The summed E-state index contributed by atoms with van der Waals surface area (Å²) in [5, 5.41) is 6.33. The first-order valence-electron chi connectivity index (χ1n) is 7.64. The molecule has 2 amide bonds. The lowest BCUT2D eigenvalue weighted by Gasteiger charge is -2.10. The van der Waals surface area contributed by atoms with Crippen molar-refractivity contribution in [1.29, 1.82) is 0 Å². The zero-order valence-corrected chi connectivity index (χ0v) is 14.2. The van der Waals surface area contributed by atoms with Crippen LogP contribution in [0.5, 0.6) is 0 Å². The number of amides is 2. The third-order valence-corrected chi connectivity index (χ3v) is 4.50. The van der Waals surface area contributed by atoms with Gasteiger partial charge in [-0.1, -0.05) is 18.2 Å². The summed E-state index contributed by atoms with van der Waals surface area (Å²) >= 11 is 1.42. The Balaban J connectivity index is 1.99. The second kappa shape index (κ2) is 6.80. The summed E-state index contributed by atoms with van der Waals surface area (Å²) in [7, 11) is 0. The van der Waals surface area contributed by atoms with E-state index in [2.05, 4.69) is 15.6 Å². The van der Waals surface area contributed by atoms with E-state index in [-0.39, 0.29) is 11.8 Å². The monoisotopic (exact) mass is 339 g/mol. The SMILES string of the molecule is CCNC(=O)c1cc(NC(=O)c2ccc(C)s2)nc2ccccc12. The molecule has 5 nitrogen and oxygen atoms in total. The number of carbonyl (C=O) groups is 2. The Morgan fingerprint density at radius 2 is 1.92 bits per heavy atom. The van der Waals surface area contributed by atoms with Crippen LogP contribution in [0.25, 0.3) is 10.9 Å². The van der Waals surface area contributed by atoms with Crippen molar-refractivity contribution in [3.8, 4) is 0 Å². The van der Waals surface area contributed by atoms with Crippen molar-refractivity contribution in [2.75, 3.05) is 11.9 Å². The summed E-state index contributed by atoms with van der Waals surface area (Å²) in [5.74, 6) is -0.0395. The fourth-order valence-electron chi connectivity index (χ4n) is 2.42. The highest BCUT2D eigenvalue weighted by Gasteiger charge is 2.15. The highest BCUT2D eigenvalue weighted by Crippen LogP contribution is 2.22. The Bertz CT molecular complexity index is 918. The van der Waals surface area contributed by atoms with E-state index in [0.29, 0.717) is 28.3 Å². The molecule has 2 aromatic heterocycles. The van der Waals surface area contributed by atoms with E-state index >= 15 is 0 Å². The van der Waals surface area contributed by atoms with Crippen LogP contribution in [-0.4, -0.2) is 23.3 Å². The van der Waals surface area contributed by atoms with Crippen LogP contribution in [0.4, 0.5) is 5.82 Å². The molecule has 0 unspecified atom stereocenters. The lowest BCUT2D eigenvalue weighted by Crippen LogP contribution is -2.23. The van der Waals surface area contributed by atoms with E-state index in [0.717, 1.165) is 10.3 Å². The minimum absolute atomic E-state index is 0.182. The number of anilines is 1. The van der Waals surface area contributed by atoms with Crippen molar-refractivity contribution in [3.63, 3.8) is 0 Å². The van der Waals surface area contributed by atoms with Crippen LogP contribution >= 0.6 is 11.3 Å². The summed E-state index contributed by atoms with van der Waals surface area (Å²) in [6.45, 7) is 4.34. The molecule has 3 aromatic rings. The van der Waals surface area contributed by atoms with Gasteiger partial charge in [-0.05, 0) is 38.1 Å². The van der Waals surface area contributed by atoms with Gasteiger partial charge < -0.3 is 10.6 Å². The van der Waals surface area contributed by atoms with Crippen LogP contribution in [0.3, 0.4) is 0 Å². The molecule has 0 aliphatic heterocycles. The number of benzene rings is 1. The van der Waals surface area contributed by atoms with Crippen molar-refractivity contribution in [2.45, 2.75) is 13.8 Å². The van der Waals surface area contributed by atoms with Crippen LogP contribution < -0.4 is 10.6 Å². The maximum absolute atomic E-state index is 12.3. The Kier molecular flexibility index (Phi) is 4.57. The molecule has 0 atom stereocenters. The zero-order chi connectivity index (χ0) is 17.1. The van der Waals surface area contributed by atoms with Gasteiger partial charge in [0.15, 0.2) is 0 Å². The number of pyridine rings is 1. The van der Waals surface area contributed by atoms with Crippen molar-refractivity contribution >= 4 is 39.9 Å². The molecule has 2 N–H and O–H groups in total.